The van der Waals surface area contributed by atoms with Gasteiger partial charge in [-0.3, -0.25) is 9.20 Å². The normalized spacial score (nSPS) is 21.7. The number of imidazole rings is 1. The van der Waals surface area contributed by atoms with Crippen molar-refractivity contribution in [1.29, 1.82) is 0 Å². The van der Waals surface area contributed by atoms with Crippen LogP contribution in [-0.2, 0) is 4.79 Å². The minimum atomic E-state index is -0.262. The van der Waals surface area contributed by atoms with Crippen LogP contribution in [-0.4, -0.2) is 48.4 Å². The lowest BCUT2D eigenvalue weighted by Crippen LogP contribution is -2.50. The topological polar surface area (TPSA) is 136 Å². The zero-order chi connectivity index (χ0) is 21.8. The number of anilines is 1. The lowest BCUT2D eigenvalue weighted by molar-refractivity contribution is -0.127. The maximum Gasteiger partial charge on any atom is 0.233 e. The highest BCUT2D eigenvalue weighted by molar-refractivity contribution is 5.97. The first-order valence-electron chi connectivity index (χ1n) is 10.2. The summed E-state index contributed by atoms with van der Waals surface area (Å²) in [5.41, 5.74) is 7.85. The zero-order valence-electron chi connectivity index (χ0n) is 17.6. The summed E-state index contributed by atoms with van der Waals surface area (Å²) >= 11 is 0. The lowest BCUT2D eigenvalue weighted by atomic mass is 9.60. The molecule has 31 heavy (non-hydrogen) atoms. The Kier molecular flexibility index (Phi) is 4.31. The Morgan fingerprint density at radius 2 is 2.19 bits per heavy atom. The van der Waals surface area contributed by atoms with Gasteiger partial charge in [0, 0.05) is 54.1 Å². The van der Waals surface area contributed by atoms with Crippen LogP contribution in [0.25, 0.3) is 27.9 Å². The fourth-order valence-corrected chi connectivity index (χ4v) is 4.44. The van der Waals surface area contributed by atoms with Gasteiger partial charge in [-0.1, -0.05) is 13.8 Å². The van der Waals surface area contributed by atoms with Gasteiger partial charge in [0.05, 0.1) is 12.5 Å². The van der Waals surface area contributed by atoms with Crippen LogP contribution >= 0.6 is 0 Å². The van der Waals surface area contributed by atoms with E-state index in [4.69, 9.17) is 10.5 Å². The number of primary amides is 1. The molecule has 5 rings (SSSR count). The second-order valence-electron chi connectivity index (χ2n) is 8.49. The number of aromatic amines is 1. The van der Waals surface area contributed by atoms with E-state index in [0.29, 0.717) is 23.3 Å². The highest BCUT2D eigenvalue weighted by Crippen LogP contribution is 2.47. The molecule has 4 aromatic heterocycles. The van der Waals surface area contributed by atoms with Gasteiger partial charge in [0.25, 0.3) is 0 Å². The van der Waals surface area contributed by atoms with Gasteiger partial charge in [0.1, 0.15) is 5.65 Å². The van der Waals surface area contributed by atoms with Gasteiger partial charge in [-0.25, -0.2) is 9.97 Å². The number of fused-ring (bicyclic) bond motifs is 2. The molecule has 10 nitrogen and oxygen atoms in total. The first kappa shape index (κ1) is 19.3. The molecule has 4 aromatic rings. The summed E-state index contributed by atoms with van der Waals surface area (Å²) in [5, 5.41) is 4.15. The number of H-pyrrole nitrogens is 1. The fraction of sp³-hybridized carbons (Fsp3) is 0.381. The van der Waals surface area contributed by atoms with Crippen LogP contribution in [0.1, 0.15) is 26.7 Å². The SMILES string of the molecule is COc1nc(NC2CC(C)(C(C)C(N)=O)C2)nc2[nH]cc(-c3cnc4nccn4c3)c12. The molecule has 160 valence electrons. The molecule has 0 radical (unpaired) electrons. The number of carbonyl (C=O) groups is 1. The number of carbonyl (C=O) groups excluding carboxylic acids is 1. The molecule has 1 amide bonds. The summed E-state index contributed by atoms with van der Waals surface area (Å²) in [6.07, 6.45) is 10.8. The van der Waals surface area contributed by atoms with E-state index in [-0.39, 0.29) is 23.3 Å². The first-order chi connectivity index (χ1) is 14.9. The van der Waals surface area contributed by atoms with Crippen molar-refractivity contribution >= 4 is 28.7 Å². The number of nitrogens with zero attached hydrogens (tertiary/aromatic N) is 5. The van der Waals surface area contributed by atoms with Crippen molar-refractivity contribution < 1.29 is 9.53 Å². The number of rotatable bonds is 6. The van der Waals surface area contributed by atoms with Gasteiger partial charge in [-0.15, -0.1) is 0 Å². The van der Waals surface area contributed by atoms with Crippen molar-refractivity contribution in [2.24, 2.45) is 17.1 Å². The summed E-state index contributed by atoms with van der Waals surface area (Å²) in [6.45, 7) is 3.98. The summed E-state index contributed by atoms with van der Waals surface area (Å²) < 4.78 is 7.45. The van der Waals surface area contributed by atoms with Crippen molar-refractivity contribution in [3.63, 3.8) is 0 Å². The predicted octanol–water partition coefficient (Wildman–Crippen LogP) is 2.38. The van der Waals surface area contributed by atoms with E-state index in [1.54, 1.807) is 19.5 Å². The number of hydrogen-bond donors (Lipinski definition) is 3. The molecule has 0 saturated heterocycles. The van der Waals surface area contributed by atoms with E-state index in [1.807, 2.05) is 29.9 Å². The van der Waals surface area contributed by atoms with Crippen molar-refractivity contribution in [3.05, 3.63) is 31.0 Å². The molecule has 1 unspecified atom stereocenters. The van der Waals surface area contributed by atoms with Crippen LogP contribution in [0.5, 0.6) is 5.88 Å². The average molecular weight is 420 g/mol. The standard InChI is InChI=1S/C21H24N8O2/c1-11(16(22)30)21(2)6-13(7-21)26-19-27-17-15(18(28-19)31-3)14(9-24-17)12-8-25-20-23-4-5-29(20)10-12/h4-5,8-11,13H,6-7H2,1-3H3,(H2,22,30)(H2,24,26,27,28). The van der Waals surface area contributed by atoms with Gasteiger partial charge in [0.2, 0.25) is 23.5 Å². The van der Waals surface area contributed by atoms with E-state index < -0.39 is 0 Å². The molecule has 1 saturated carbocycles. The molecule has 1 aliphatic rings. The second-order valence-corrected chi connectivity index (χ2v) is 8.49. The molecule has 0 aliphatic heterocycles. The summed E-state index contributed by atoms with van der Waals surface area (Å²) in [5.74, 6) is 1.16. The second kappa shape index (κ2) is 6.93. The molecular weight excluding hydrogens is 396 g/mol. The predicted molar refractivity (Wildman–Crippen MR) is 116 cm³/mol. The van der Waals surface area contributed by atoms with Crippen molar-refractivity contribution in [3.8, 4) is 17.0 Å². The third-order valence-corrected chi connectivity index (χ3v) is 6.48. The van der Waals surface area contributed by atoms with Crippen LogP contribution < -0.4 is 15.8 Å². The van der Waals surface area contributed by atoms with Crippen molar-refractivity contribution in [1.82, 2.24) is 29.3 Å². The Bertz CT molecular complexity index is 1290. The number of hydrogen-bond acceptors (Lipinski definition) is 7. The van der Waals surface area contributed by atoms with Crippen molar-refractivity contribution in [2.75, 3.05) is 12.4 Å². The average Bonchev–Trinajstić information content (AvgIpc) is 3.37. The van der Waals surface area contributed by atoms with Crippen LogP contribution in [0.2, 0.25) is 0 Å². The van der Waals surface area contributed by atoms with E-state index in [0.717, 1.165) is 29.4 Å². The lowest BCUT2D eigenvalue weighted by Gasteiger charge is -2.48. The van der Waals surface area contributed by atoms with E-state index in [2.05, 4.69) is 37.2 Å². The third-order valence-electron chi connectivity index (χ3n) is 6.48. The van der Waals surface area contributed by atoms with Crippen molar-refractivity contribution in [2.45, 2.75) is 32.7 Å². The van der Waals surface area contributed by atoms with Crippen LogP contribution in [0.15, 0.2) is 31.0 Å². The van der Waals surface area contributed by atoms with Crippen LogP contribution in [0, 0.1) is 11.3 Å². The summed E-state index contributed by atoms with van der Waals surface area (Å²) in [6, 6.07) is 0.177. The number of ether oxygens (including phenoxy) is 1. The van der Waals surface area contributed by atoms with Gasteiger partial charge in [-0.05, 0) is 18.3 Å². The Morgan fingerprint density at radius 1 is 1.39 bits per heavy atom. The van der Waals surface area contributed by atoms with E-state index in [1.165, 1.54) is 0 Å². The molecule has 1 aliphatic carbocycles. The molecule has 0 spiro atoms. The number of nitrogens with two attached hydrogens (primary N) is 1. The number of nitrogens with one attached hydrogen (secondary N) is 2. The zero-order valence-corrected chi connectivity index (χ0v) is 17.6. The molecule has 1 atom stereocenters. The molecule has 10 heteroatoms. The van der Waals surface area contributed by atoms with Crippen LogP contribution in [0.4, 0.5) is 5.95 Å². The highest BCUT2D eigenvalue weighted by Gasteiger charge is 2.46. The van der Waals surface area contributed by atoms with E-state index >= 15 is 0 Å². The van der Waals surface area contributed by atoms with Gasteiger partial charge >= 0.3 is 0 Å². The molecule has 0 bridgehead atoms. The van der Waals surface area contributed by atoms with Gasteiger partial charge < -0.3 is 20.8 Å². The molecule has 1 fully saturated rings. The molecule has 4 heterocycles. The maximum absolute atomic E-state index is 11.6. The minimum Gasteiger partial charge on any atom is -0.480 e. The Labute approximate surface area is 178 Å². The molecule has 4 N–H and O–H groups in total. The molecule has 0 aromatic carbocycles. The first-order valence-corrected chi connectivity index (χ1v) is 10.2. The maximum atomic E-state index is 11.6. The Morgan fingerprint density at radius 3 is 2.94 bits per heavy atom. The summed E-state index contributed by atoms with van der Waals surface area (Å²) in [4.78, 5) is 32.6. The minimum absolute atomic E-state index is 0.101. The Hall–Kier alpha value is -3.69. The number of amides is 1. The van der Waals surface area contributed by atoms with Gasteiger partial charge in [0.15, 0.2) is 0 Å². The van der Waals surface area contributed by atoms with Crippen LogP contribution in [0.3, 0.4) is 0 Å². The van der Waals surface area contributed by atoms with E-state index in [9.17, 15) is 4.79 Å². The fourth-order valence-electron chi connectivity index (χ4n) is 4.44. The number of methoxy groups -OCH3 is 1. The largest absolute Gasteiger partial charge is 0.480 e. The molecular formula is C21H24N8O2. The smallest absolute Gasteiger partial charge is 0.233 e. The third kappa shape index (κ3) is 3.15. The number of aromatic nitrogens is 6. The highest BCUT2D eigenvalue weighted by atomic mass is 16.5. The van der Waals surface area contributed by atoms with Gasteiger partial charge in [-0.2, -0.15) is 9.97 Å². The quantitative estimate of drug-likeness (QED) is 0.436. The summed E-state index contributed by atoms with van der Waals surface area (Å²) in [7, 11) is 1.59. The Balaban J connectivity index is 1.43. The monoisotopic (exact) mass is 420 g/mol.